The summed E-state index contributed by atoms with van der Waals surface area (Å²) in [7, 11) is -9.90. The Hall–Kier alpha value is -1.94. The Bertz CT molecular complexity index is 1770. The smallest absolute Gasteiger partial charge is 0.462 e. The van der Waals surface area contributed by atoms with Crippen LogP contribution in [0.2, 0.25) is 0 Å². The van der Waals surface area contributed by atoms with E-state index in [1.165, 1.54) is 218 Å². The van der Waals surface area contributed by atoms with Crippen molar-refractivity contribution in [1.82, 2.24) is 0 Å². The molecular formula is C74H144O17P2. The number of ether oxygens (including phenoxy) is 4. The van der Waals surface area contributed by atoms with E-state index in [4.69, 9.17) is 37.0 Å². The normalized spacial score (nSPS) is 13.9. The van der Waals surface area contributed by atoms with E-state index in [9.17, 15) is 43.2 Å². The maximum atomic E-state index is 13.1. The van der Waals surface area contributed by atoms with Gasteiger partial charge in [0.15, 0.2) is 12.2 Å². The molecule has 5 atom stereocenters. The van der Waals surface area contributed by atoms with Crippen molar-refractivity contribution in [1.29, 1.82) is 0 Å². The largest absolute Gasteiger partial charge is 0.472 e. The summed E-state index contributed by atoms with van der Waals surface area (Å²) in [5, 5.41) is 10.6. The number of hydrogen-bond acceptors (Lipinski definition) is 15. The summed E-state index contributed by atoms with van der Waals surface area (Å²) in [6.45, 7) is 4.95. The Morgan fingerprint density at radius 1 is 0.258 bits per heavy atom. The van der Waals surface area contributed by atoms with Crippen LogP contribution in [-0.2, 0) is 65.4 Å². The molecule has 17 nitrogen and oxygen atoms in total. The topological polar surface area (TPSA) is 237 Å². The number of carbonyl (C=O) groups is 4. The molecule has 3 N–H and O–H groups in total. The monoisotopic (exact) mass is 1370 g/mol. The Kier molecular flexibility index (Phi) is 67.1. The van der Waals surface area contributed by atoms with Crippen molar-refractivity contribution < 1.29 is 80.2 Å². The molecule has 0 bridgehead atoms. The maximum absolute atomic E-state index is 13.1. The molecule has 93 heavy (non-hydrogen) atoms. The zero-order valence-corrected chi connectivity index (χ0v) is 62.0. The van der Waals surface area contributed by atoms with Gasteiger partial charge < -0.3 is 33.8 Å². The summed E-state index contributed by atoms with van der Waals surface area (Å²) >= 11 is 0. The molecule has 0 radical (unpaired) electrons. The zero-order chi connectivity index (χ0) is 68.2. The lowest BCUT2D eigenvalue weighted by Gasteiger charge is -2.21. The van der Waals surface area contributed by atoms with Crippen LogP contribution in [0.3, 0.4) is 0 Å². The molecule has 0 amide bonds. The summed E-state index contributed by atoms with van der Waals surface area (Å²) in [4.78, 5) is 72.6. The van der Waals surface area contributed by atoms with Crippen molar-refractivity contribution in [2.45, 2.75) is 412 Å². The van der Waals surface area contributed by atoms with E-state index in [2.05, 4.69) is 27.7 Å². The van der Waals surface area contributed by atoms with Gasteiger partial charge in [-0.05, 0) is 25.7 Å². The van der Waals surface area contributed by atoms with Crippen molar-refractivity contribution in [3.05, 3.63) is 0 Å². The summed E-state index contributed by atoms with van der Waals surface area (Å²) < 4.78 is 68.4. The fraction of sp³-hybridized carbons (Fsp3) is 0.946. The average Bonchev–Trinajstić information content (AvgIpc) is 2.62. The first kappa shape index (κ1) is 91.1. The molecule has 0 aromatic rings. The van der Waals surface area contributed by atoms with Gasteiger partial charge in [-0.1, -0.05) is 342 Å². The third kappa shape index (κ3) is 68.4. The molecule has 552 valence electrons. The molecule has 0 aliphatic carbocycles. The first-order chi connectivity index (χ1) is 45.2. The van der Waals surface area contributed by atoms with Gasteiger partial charge in [-0.2, -0.15) is 0 Å². The molecule has 0 heterocycles. The van der Waals surface area contributed by atoms with Crippen molar-refractivity contribution in [2.75, 3.05) is 39.6 Å². The van der Waals surface area contributed by atoms with Crippen molar-refractivity contribution in [2.24, 2.45) is 0 Å². The van der Waals surface area contributed by atoms with Crippen molar-refractivity contribution >= 4 is 39.5 Å². The number of aliphatic hydroxyl groups is 1. The lowest BCUT2D eigenvalue weighted by atomic mass is 10.0. The quantitative estimate of drug-likeness (QED) is 0.0222. The average molecular weight is 1370 g/mol. The summed E-state index contributed by atoms with van der Waals surface area (Å²) in [5.74, 6) is -2.12. The number of phosphoric acid groups is 2. The van der Waals surface area contributed by atoms with Crippen LogP contribution in [0.15, 0.2) is 0 Å². The Morgan fingerprint density at radius 2 is 0.430 bits per heavy atom. The fourth-order valence-electron chi connectivity index (χ4n) is 11.4. The number of phosphoric ester groups is 2. The van der Waals surface area contributed by atoms with Crippen LogP contribution in [-0.4, -0.2) is 96.7 Å². The van der Waals surface area contributed by atoms with Gasteiger partial charge in [-0.15, -0.1) is 0 Å². The van der Waals surface area contributed by atoms with Crippen LogP contribution in [0, 0.1) is 0 Å². The minimum atomic E-state index is -4.95. The predicted octanol–water partition coefficient (Wildman–Crippen LogP) is 21.8. The number of rotatable bonds is 75. The van der Waals surface area contributed by atoms with Gasteiger partial charge in [0.05, 0.1) is 26.4 Å². The van der Waals surface area contributed by atoms with Crippen molar-refractivity contribution in [3.8, 4) is 0 Å². The van der Waals surface area contributed by atoms with E-state index < -0.39 is 97.5 Å². The van der Waals surface area contributed by atoms with Crippen LogP contribution in [0.5, 0.6) is 0 Å². The molecule has 0 saturated carbocycles. The molecule has 0 fully saturated rings. The summed E-state index contributed by atoms with van der Waals surface area (Å²) in [6, 6.07) is 0. The van der Waals surface area contributed by atoms with E-state index >= 15 is 0 Å². The second-order valence-electron chi connectivity index (χ2n) is 26.7. The highest BCUT2D eigenvalue weighted by Gasteiger charge is 2.30. The third-order valence-corrected chi connectivity index (χ3v) is 19.3. The number of esters is 4. The van der Waals surface area contributed by atoms with Crippen LogP contribution in [0.1, 0.15) is 394 Å². The molecule has 2 unspecified atom stereocenters. The van der Waals surface area contributed by atoms with Gasteiger partial charge in [-0.3, -0.25) is 37.3 Å². The Labute approximate surface area is 568 Å². The van der Waals surface area contributed by atoms with E-state index in [-0.39, 0.29) is 25.7 Å². The molecule has 0 aromatic carbocycles. The molecule has 0 rings (SSSR count). The number of hydrogen-bond donors (Lipinski definition) is 3. The lowest BCUT2D eigenvalue weighted by molar-refractivity contribution is -0.161. The van der Waals surface area contributed by atoms with E-state index in [1.54, 1.807) is 0 Å². The maximum Gasteiger partial charge on any atom is 0.472 e. The SMILES string of the molecule is CCCCCCCCCCCCCCCCCCCCCCC(=O)O[C@H](COC(=O)CCCCCCCCCCCCCCCC)COP(=O)(O)OC[C@@H](O)COP(=O)(O)OC[C@@H](COC(=O)CCCCCCCCCC)OC(=O)CCCCCCCCCCCCC. The minimum absolute atomic E-state index is 0.107. The lowest BCUT2D eigenvalue weighted by Crippen LogP contribution is -2.30. The highest BCUT2D eigenvalue weighted by molar-refractivity contribution is 7.47. The molecule has 0 saturated heterocycles. The zero-order valence-electron chi connectivity index (χ0n) is 60.2. The van der Waals surface area contributed by atoms with Gasteiger partial charge in [0.1, 0.15) is 19.3 Å². The van der Waals surface area contributed by atoms with Gasteiger partial charge >= 0.3 is 39.5 Å². The fourth-order valence-corrected chi connectivity index (χ4v) is 13.0. The van der Waals surface area contributed by atoms with Crippen molar-refractivity contribution in [3.63, 3.8) is 0 Å². The molecule has 0 aromatic heterocycles. The highest BCUT2D eigenvalue weighted by atomic mass is 31.2. The minimum Gasteiger partial charge on any atom is -0.462 e. The summed E-state index contributed by atoms with van der Waals surface area (Å²) in [6.07, 6.45) is 58.3. The molecule has 0 aliphatic rings. The van der Waals surface area contributed by atoms with E-state index in [0.29, 0.717) is 25.7 Å². The predicted molar refractivity (Wildman–Crippen MR) is 377 cm³/mol. The molecule has 0 spiro atoms. The second kappa shape index (κ2) is 68.6. The molecular weight excluding hydrogens is 1220 g/mol. The Morgan fingerprint density at radius 3 is 0.634 bits per heavy atom. The third-order valence-electron chi connectivity index (χ3n) is 17.4. The van der Waals surface area contributed by atoms with Gasteiger partial charge in [0.25, 0.3) is 0 Å². The van der Waals surface area contributed by atoms with Crippen LogP contribution < -0.4 is 0 Å². The number of carbonyl (C=O) groups excluding carboxylic acids is 4. The first-order valence-electron chi connectivity index (χ1n) is 38.8. The van der Waals surface area contributed by atoms with Crippen LogP contribution >= 0.6 is 15.6 Å². The van der Waals surface area contributed by atoms with Crippen LogP contribution in [0.4, 0.5) is 0 Å². The molecule has 0 aliphatic heterocycles. The Balaban J connectivity index is 5.18. The number of aliphatic hydroxyl groups excluding tert-OH is 1. The highest BCUT2D eigenvalue weighted by Crippen LogP contribution is 2.45. The van der Waals surface area contributed by atoms with Crippen LogP contribution in [0.25, 0.3) is 0 Å². The summed E-state index contributed by atoms with van der Waals surface area (Å²) in [5.41, 5.74) is 0. The van der Waals surface area contributed by atoms with Gasteiger partial charge in [0.2, 0.25) is 0 Å². The van der Waals surface area contributed by atoms with E-state index in [1.807, 2.05) is 0 Å². The first-order valence-corrected chi connectivity index (χ1v) is 41.8. The van der Waals surface area contributed by atoms with Gasteiger partial charge in [0, 0.05) is 25.7 Å². The number of unbranched alkanes of at least 4 members (excludes halogenated alkanes) is 49. The molecule has 19 heteroatoms. The van der Waals surface area contributed by atoms with E-state index in [0.717, 1.165) is 96.3 Å². The standard InChI is InChI=1S/C74H144O17P2/c1-5-9-13-17-21-25-28-30-32-33-34-35-36-37-39-42-45-49-53-57-61-74(79)91-70(65-85-72(77)59-55-51-47-43-41-38-31-29-26-22-18-14-10-6-2)67-89-93(82,83)87-63-68(75)62-86-92(80,81)88-66-69(64-84-71(76)58-54-50-46-24-20-16-12-8-4)90-73(78)60-56-52-48-44-40-27-23-19-15-11-7-3/h68-70,75H,5-67H2,1-4H3,(H,80,81)(H,82,83)/t68-,69+,70+/m0/s1. The second-order valence-corrected chi connectivity index (χ2v) is 29.6. The van der Waals surface area contributed by atoms with Gasteiger partial charge in [-0.25, -0.2) is 9.13 Å².